The van der Waals surface area contributed by atoms with Crippen LogP contribution in [0.1, 0.15) is 38.2 Å². The second-order valence-corrected chi connectivity index (χ2v) is 3.67. The summed E-state index contributed by atoms with van der Waals surface area (Å²) in [5, 5.41) is 8.66. The number of nitrogens with one attached hydrogen (secondary N) is 1. The Bertz CT molecular complexity index is 493. The lowest BCUT2D eigenvalue weighted by Crippen LogP contribution is -2.31. The van der Waals surface area contributed by atoms with E-state index < -0.39 is 11.2 Å². The fourth-order valence-corrected chi connectivity index (χ4v) is 1.46. The average Bonchev–Trinajstić information content (AvgIpc) is 2.27. The van der Waals surface area contributed by atoms with Gasteiger partial charge in [-0.25, -0.2) is 4.79 Å². The van der Waals surface area contributed by atoms with Crippen LogP contribution in [0.2, 0.25) is 0 Å². The number of nitriles is 1. The van der Waals surface area contributed by atoms with Crippen LogP contribution < -0.4 is 11.2 Å². The van der Waals surface area contributed by atoms with Gasteiger partial charge in [-0.1, -0.05) is 26.2 Å². The summed E-state index contributed by atoms with van der Waals surface area (Å²) in [7, 11) is 0. The molecule has 0 atom stereocenters. The second kappa shape index (κ2) is 5.91. The van der Waals surface area contributed by atoms with Gasteiger partial charge in [-0.2, -0.15) is 5.26 Å². The SMILES string of the molecule is CCCCCCn1cc(C#N)c(=O)[nH]c1=O. The Kier molecular flexibility index (Phi) is 4.52. The molecule has 0 saturated heterocycles. The van der Waals surface area contributed by atoms with Crippen molar-refractivity contribution in [2.75, 3.05) is 0 Å². The van der Waals surface area contributed by atoms with E-state index in [0.29, 0.717) is 6.54 Å². The highest BCUT2D eigenvalue weighted by molar-refractivity contribution is 5.21. The van der Waals surface area contributed by atoms with E-state index in [-0.39, 0.29) is 5.56 Å². The van der Waals surface area contributed by atoms with Crippen molar-refractivity contribution >= 4 is 0 Å². The van der Waals surface area contributed by atoms with Crippen molar-refractivity contribution in [3.63, 3.8) is 0 Å². The summed E-state index contributed by atoms with van der Waals surface area (Å²) in [4.78, 5) is 24.6. The van der Waals surface area contributed by atoms with E-state index >= 15 is 0 Å². The van der Waals surface area contributed by atoms with E-state index in [9.17, 15) is 9.59 Å². The molecule has 0 unspecified atom stereocenters. The van der Waals surface area contributed by atoms with Crippen molar-refractivity contribution in [2.24, 2.45) is 0 Å². The number of aryl methyl sites for hydroxylation is 1. The summed E-state index contributed by atoms with van der Waals surface area (Å²) in [6.45, 7) is 2.66. The standard InChI is InChI=1S/C11H15N3O2/c1-2-3-4-5-6-14-8-9(7-12)10(15)13-11(14)16/h8H,2-6H2,1H3,(H,13,15,16). The maximum absolute atomic E-state index is 11.4. The monoisotopic (exact) mass is 221 g/mol. The summed E-state index contributed by atoms with van der Waals surface area (Å²) in [6, 6.07) is 1.76. The fraction of sp³-hybridized carbons (Fsp3) is 0.545. The fourth-order valence-electron chi connectivity index (χ4n) is 1.46. The van der Waals surface area contributed by atoms with E-state index in [1.165, 1.54) is 10.8 Å². The van der Waals surface area contributed by atoms with Crippen molar-refractivity contribution in [1.82, 2.24) is 9.55 Å². The molecule has 1 heterocycles. The predicted octanol–water partition coefficient (Wildman–Crippen LogP) is 0.989. The van der Waals surface area contributed by atoms with Gasteiger partial charge >= 0.3 is 5.69 Å². The van der Waals surface area contributed by atoms with Gasteiger partial charge < -0.3 is 0 Å². The molecule has 0 bridgehead atoms. The van der Waals surface area contributed by atoms with E-state index in [1.54, 1.807) is 6.07 Å². The smallest absolute Gasteiger partial charge is 0.299 e. The first kappa shape index (κ1) is 12.2. The van der Waals surface area contributed by atoms with Gasteiger partial charge in [0.2, 0.25) is 0 Å². The van der Waals surface area contributed by atoms with E-state index in [2.05, 4.69) is 11.9 Å². The van der Waals surface area contributed by atoms with Crippen molar-refractivity contribution in [2.45, 2.75) is 39.2 Å². The highest BCUT2D eigenvalue weighted by Crippen LogP contribution is 2.00. The first-order valence-electron chi connectivity index (χ1n) is 5.43. The summed E-state index contributed by atoms with van der Waals surface area (Å²) >= 11 is 0. The zero-order valence-electron chi connectivity index (χ0n) is 9.32. The van der Waals surface area contributed by atoms with Gasteiger partial charge in [-0.05, 0) is 6.42 Å². The number of hydrogen-bond donors (Lipinski definition) is 1. The van der Waals surface area contributed by atoms with Crippen LogP contribution in [-0.2, 0) is 6.54 Å². The van der Waals surface area contributed by atoms with Gasteiger partial charge in [0.15, 0.2) is 0 Å². The van der Waals surface area contributed by atoms with Gasteiger partial charge in [-0.15, -0.1) is 0 Å². The lowest BCUT2D eigenvalue weighted by atomic mass is 10.2. The molecule has 0 spiro atoms. The minimum atomic E-state index is -0.614. The molecule has 5 nitrogen and oxygen atoms in total. The summed E-state index contributed by atoms with van der Waals surface area (Å²) < 4.78 is 1.38. The molecule has 5 heteroatoms. The molecule has 0 aliphatic rings. The van der Waals surface area contributed by atoms with Crippen LogP contribution in [-0.4, -0.2) is 9.55 Å². The number of aromatic amines is 1. The normalized spacial score (nSPS) is 10.0. The van der Waals surface area contributed by atoms with Crippen LogP contribution >= 0.6 is 0 Å². The minimum absolute atomic E-state index is 0.0184. The first-order chi connectivity index (χ1) is 7.69. The lowest BCUT2D eigenvalue weighted by molar-refractivity contribution is 0.559. The zero-order valence-corrected chi connectivity index (χ0v) is 9.32. The van der Waals surface area contributed by atoms with E-state index in [1.807, 2.05) is 0 Å². The molecule has 16 heavy (non-hydrogen) atoms. The number of rotatable bonds is 5. The third kappa shape index (κ3) is 3.09. The molecule has 1 N–H and O–H groups in total. The lowest BCUT2D eigenvalue weighted by Gasteiger charge is -2.04. The van der Waals surface area contributed by atoms with Crippen LogP contribution in [0, 0.1) is 11.3 Å². The highest BCUT2D eigenvalue weighted by Gasteiger charge is 2.02. The van der Waals surface area contributed by atoms with Crippen molar-refractivity contribution in [1.29, 1.82) is 5.26 Å². The molecule has 0 fully saturated rings. The molecular weight excluding hydrogens is 206 g/mol. The number of unbranched alkanes of at least 4 members (excludes halogenated alkanes) is 3. The van der Waals surface area contributed by atoms with Crippen LogP contribution in [0.15, 0.2) is 15.8 Å². The Balaban J connectivity index is 2.77. The largest absolute Gasteiger partial charge is 0.328 e. The molecule has 1 aromatic rings. The summed E-state index contributed by atoms with van der Waals surface area (Å²) in [5.41, 5.74) is -1.08. The summed E-state index contributed by atoms with van der Waals surface area (Å²) in [5.74, 6) is 0. The number of nitrogens with zero attached hydrogens (tertiary/aromatic N) is 2. The maximum Gasteiger partial charge on any atom is 0.328 e. The maximum atomic E-state index is 11.4. The van der Waals surface area contributed by atoms with Gasteiger partial charge in [0.1, 0.15) is 11.6 Å². The Morgan fingerprint density at radius 1 is 1.38 bits per heavy atom. The Hall–Kier alpha value is -1.83. The third-order valence-electron chi connectivity index (χ3n) is 2.38. The van der Waals surface area contributed by atoms with Gasteiger partial charge in [0.05, 0.1) is 0 Å². The average molecular weight is 221 g/mol. The molecule has 86 valence electrons. The molecule has 0 amide bonds. The second-order valence-electron chi connectivity index (χ2n) is 3.67. The Labute approximate surface area is 93.4 Å². The summed E-state index contributed by atoms with van der Waals surface area (Å²) in [6.07, 6.45) is 5.51. The van der Waals surface area contributed by atoms with Gasteiger partial charge in [0.25, 0.3) is 5.56 Å². The molecule has 1 rings (SSSR count). The van der Waals surface area contributed by atoms with Crippen molar-refractivity contribution in [3.05, 3.63) is 32.6 Å². The number of hydrogen-bond acceptors (Lipinski definition) is 3. The van der Waals surface area contributed by atoms with Crippen molar-refractivity contribution < 1.29 is 0 Å². The molecule has 0 saturated carbocycles. The van der Waals surface area contributed by atoms with Gasteiger partial charge in [-0.3, -0.25) is 14.3 Å². The zero-order chi connectivity index (χ0) is 12.0. The predicted molar refractivity (Wildman–Crippen MR) is 60.2 cm³/mol. The molecule has 0 aliphatic carbocycles. The molecule has 0 aliphatic heterocycles. The molecular formula is C11H15N3O2. The topological polar surface area (TPSA) is 78.7 Å². The number of H-pyrrole nitrogens is 1. The molecule has 1 aromatic heterocycles. The molecule has 0 aromatic carbocycles. The Morgan fingerprint density at radius 2 is 2.12 bits per heavy atom. The Morgan fingerprint density at radius 3 is 2.75 bits per heavy atom. The van der Waals surface area contributed by atoms with Crippen LogP contribution in [0.25, 0.3) is 0 Å². The van der Waals surface area contributed by atoms with E-state index in [0.717, 1.165) is 25.7 Å². The van der Waals surface area contributed by atoms with Crippen LogP contribution in [0.4, 0.5) is 0 Å². The third-order valence-corrected chi connectivity index (χ3v) is 2.38. The van der Waals surface area contributed by atoms with Crippen LogP contribution in [0.3, 0.4) is 0 Å². The molecule has 0 radical (unpaired) electrons. The van der Waals surface area contributed by atoms with E-state index in [4.69, 9.17) is 5.26 Å². The van der Waals surface area contributed by atoms with Crippen LogP contribution in [0.5, 0.6) is 0 Å². The quantitative estimate of drug-likeness (QED) is 0.753. The first-order valence-corrected chi connectivity index (χ1v) is 5.43. The minimum Gasteiger partial charge on any atom is -0.299 e. The highest BCUT2D eigenvalue weighted by atomic mass is 16.2. The number of aromatic nitrogens is 2. The van der Waals surface area contributed by atoms with Gasteiger partial charge in [0, 0.05) is 12.7 Å². The van der Waals surface area contributed by atoms with Crippen molar-refractivity contribution in [3.8, 4) is 6.07 Å².